The first kappa shape index (κ1) is 11.6. The van der Waals surface area contributed by atoms with Crippen LogP contribution >= 0.6 is 0 Å². The Balaban J connectivity index is 1.94. The predicted octanol–water partition coefficient (Wildman–Crippen LogP) is 2.66. The van der Waals surface area contributed by atoms with Crippen LogP contribution < -0.4 is 5.32 Å². The van der Waals surface area contributed by atoms with E-state index in [1.54, 1.807) is 12.1 Å². The molecule has 16 heavy (non-hydrogen) atoms. The fourth-order valence-corrected chi connectivity index (χ4v) is 2.10. The summed E-state index contributed by atoms with van der Waals surface area (Å²) in [4.78, 5) is 0. The lowest BCUT2D eigenvalue weighted by atomic mass is 10.0. The summed E-state index contributed by atoms with van der Waals surface area (Å²) < 4.78 is 18.5. The number of halogens is 1. The second-order valence-corrected chi connectivity index (χ2v) is 4.36. The molecule has 88 valence electrons. The highest BCUT2D eigenvalue weighted by Gasteiger charge is 2.16. The summed E-state index contributed by atoms with van der Waals surface area (Å²) in [7, 11) is 0. The molecule has 3 heteroatoms. The number of nitrogens with one attached hydrogen (secondary N) is 1. The summed E-state index contributed by atoms with van der Waals surface area (Å²) in [6.07, 6.45) is 2.24. The van der Waals surface area contributed by atoms with Gasteiger partial charge in [-0.2, -0.15) is 0 Å². The van der Waals surface area contributed by atoms with Gasteiger partial charge in [-0.25, -0.2) is 4.39 Å². The van der Waals surface area contributed by atoms with Crippen LogP contribution in [0.1, 0.15) is 31.4 Å². The molecule has 0 bridgehead atoms. The van der Waals surface area contributed by atoms with Gasteiger partial charge in [0, 0.05) is 18.7 Å². The largest absolute Gasteiger partial charge is 0.380 e. The molecule has 1 unspecified atom stereocenters. The molecule has 1 N–H and O–H groups in total. The van der Waals surface area contributed by atoms with E-state index in [9.17, 15) is 4.39 Å². The van der Waals surface area contributed by atoms with Crippen LogP contribution in [-0.4, -0.2) is 19.3 Å². The summed E-state index contributed by atoms with van der Waals surface area (Å²) in [5.74, 6) is -0.175. The normalized spacial score (nSPS) is 23.0. The summed E-state index contributed by atoms with van der Waals surface area (Å²) >= 11 is 0. The summed E-state index contributed by atoms with van der Waals surface area (Å²) in [5, 5.41) is 3.47. The van der Waals surface area contributed by atoms with Gasteiger partial charge in [0.25, 0.3) is 0 Å². The van der Waals surface area contributed by atoms with Gasteiger partial charge in [-0.15, -0.1) is 0 Å². The molecule has 0 aliphatic carbocycles. The molecule has 1 aromatic rings. The molecule has 0 radical (unpaired) electrons. The van der Waals surface area contributed by atoms with Crippen molar-refractivity contribution in [3.8, 4) is 0 Å². The van der Waals surface area contributed by atoms with Crippen LogP contribution in [0.25, 0.3) is 0 Å². The first-order chi connectivity index (χ1) is 7.75. The second-order valence-electron chi connectivity index (χ2n) is 4.36. The lowest BCUT2D eigenvalue weighted by Crippen LogP contribution is -2.38. The molecule has 0 saturated carbocycles. The third-order valence-corrected chi connectivity index (χ3v) is 2.99. The van der Waals surface area contributed by atoms with Gasteiger partial charge in [-0.1, -0.05) is 12.1 Å². The van der Waals surface area contributed by atoms with Crippen molar-refractivity contribution in [2.75, 3.05) is 13.2 Å². The molecule has 1 aromatic carbocycles. The van der Waals surface area contributed by atoms with Crippen LogP contribution in [0.2, 0.25) is 0 Å². The Labute approximate surface area is 95.8 Å². The quantitative estimate of drug-likeness (QED) is 0.850. The van der Waals surface area contributed by atoms with E-state index in [4.69, 9.17) is 4.74 Å². The molecule has 1 aliphatic rings. The van der Waals surface area contributed by atoms with Crippen LogP contribution in [0.4, 0.5) is 4.39 Å². The van der Waals surface area contributed by atoms with Gasteiger partial charge in [-0.3, -0.25) is 0 Å². The maximum absolute atomic E-state index is 13.1. The van der Waals surface area contributed by atoms with Crippen molar-refractivity contribution < 1.29 is 9.13 Å². The van der Waals surface area contributed by atoms with Gasteiger partial charge in [0.1, 0.15) is 5.82 Å². The zero-order valence-corrected chi connectivity index (χ0v) is 9.58. The molecule has 0 aromatic heterocycles. The minimum Gasteiger partial charge on any atom is -0.380 e. The van der Waals surface area contributed by atoms with E-state index >= 15 is 0 Å². The van der Waals surface area contributed by atoms with Crippen molar-refractivity contribution in [2.45, 2.75) is 31.8 Å². The van der Waals surface area contributed by atoms with E-state index in [1.165, 1.54) is 6.07 Å². The topological polar surface area (TPSA) is 21.3 Å². The minimum absolute atomic E-state index is 0.169. The van der Waals surface area contributed by atoms with Crippen molar-refractivity contribution in [1.29, 1.82) is 0 Å². The third kappa shape index (κ3) is 3.03. The lowest BCUT2D eigenvalue weighted by Gasteiger charge is -2.27. The first-order valence-electron chi connectivity index (χ1n) is 5.85. The van der Waals surface area contributed by atoms with Gasteiger partial charge in [0.15, 0.2) is 0 Å². The van der Waals surface area contributed by atoms with Gasteiger partial charge >= 0.3 is 0 Å². The zero-order valence-electron chi connectivity index (χ0n) is 9.58. The van der Waals surface area contributed by atoms with Crippen molar-refractivity contribution >= 4 is 0 Å². The van der Waals surface area contributed by atoms with Crippen molar-refractivity contribution in [3.05, 3.63) is 35.6 Å². The Morgan fingerprint density at radius 1 is 1.50 bits per heavy atom. The molecule has 2 rings (SSSR count). The summed E-state index contributed by atoms with van der Waals surface area (Å²) in [6.45, 7) is 3.69. The van der Waals surface area contributed by atoms with Crippen LogP contribution in [0.5, 0.6) is 0 Å². The zero-order chi connectivity index (χ0) is 11.4. The minimum atomic E-state index is -0.175. The Morgan fingerprint density at radius 2 is 2.38 bits per heavy atom. The molecule has 1 fully saturated rings. The van der Waals surface area contributed by atoms with E-state index in [0.29, 0.717) is 6.04 Å². The van der Waals surface area contributed by atoms with Gasteiger partial charge < -0.3 is 10.1 Å². The van der Waals surface area contributed by atoms with E-state index in [2.05, 4.69) is 12.2 Å². The van der Waals surface area contributed by atoms with Gasteiger partial charge in [0.2, 0.25) is 0 Å². The Morgan fingerprint density at radius 3 is 3.06 bits per heavy atom. The number of ether oxygens (including phenoxy) is 1. The van der Waals surface area contributed by atoms with E-state index in [0.717, 1.165) is 31.6 Å². The Bertz CT molecular complexity index is 336. The number of hydrogen-bond donors (Lipinski definition) is 1. The number of hydrogen-bond acceptors (Lipinski definition) is 2. The molecule has 1 saturated heterocycles. The molecule has 2 nitrogen and oxygen atoms in total. The fraction of sp³-hybridized carbons (Fsp3) is 0.538. The highest BCUT2D eigenvalue weighted by Crippen LogP contribution is 2.16. The molecular weight excluding hydrogens is 205 g/mol. The van der Waals surface area contributed by atoms with Crippen LogP contribution in [0, 0.1) is 5.82 Å². The Kier molecular flexibility index (Phi) is 3.91. The average Bonchev–Trinajstić information content (AvgIpc) is 2.30. The molecule has 1 aliphatic heterocycles. The van der Waals surface area contributed by atoms with Crippen LogP contribution in [0.3, 0.4) is 0 Å². The van der Waals surface area contributed by atoms with Crippen molar-refractivity contribution in [3.63, 3.8) is 0 Å². The molecule has 0 amide bonds. The summed E-state index contributed by atoms with van der Waals surface area (Å²) in [5.41, 5.74) is 0.991. The average molecular weight is 223 g/mol. The molecular formula is C13H18FNO. The third-order valence-electron chi connectivity index (χ3n) is 2.99. The predicted molar refractivity (Wildman–Crippen MR) is 61.8 cm³/mol. The van der Waals surface area contributed by atoms with Crippen LogP contribution in [0.15, 0.2) is 24.3 Å². The SMILES string of the molecule is C[C@H](NC1CCCOC1)c1cccc(F)c1. The molecule has 0 spiro atoms. The van der Waals surface area contributed by atoms with Gasteiger partial charge in [0.05, 0.1) is 6.61 Å². The number of benzene rings is 1. The van der Waals surface area contributed by atoms with Crippen molar-refractivity contribution in [1.82, 2.24) is 5.32 Å². The van der Waals surface area contributed by atoms with E-state index in [1.807, 2.05) is 6.07 Å². The molecule has 1 heterocycles. The highest BCUT2D eigenvalue weighted by molar-refractivity contribution is 5.19. The second kappa shape index (κ2) is 5.41. The fourth-order valence-electron chi connectivity index (χ4n) is 2.10. The van der Waals surface area contributed by atoms with E-state index in [-0.39, 0.29) is 11.9 Å². The summed E-state index contributed by atoms with van der Waals surface area (Å²) in [6, 6.07) is 7.32. The highest BCUT2D eigenvalue weighted by atomic mass is 19.1. The Hall–Kier alpha value is -0.930. The van der Waals surface area contributed by atoms with Crippen molar-refractivity contribution in [2.24, 2.45) is 0 Å². The maximum atomic E-state index is 13.1. The number of rotatable bonds is 3. The maximum Gasteiger partial charge on any atom is 0.123 e. The van der Waals surface area contributed by atoms with Crippen LogP contribution in [-0.2, 0) is 4.74 Å². The van der Waals surface area contributed by atoms with Gasteiger partial charge in [-0.05, 0) is 37.5 Å². The van der Waals surface area contributed by atoms with E-state index < -0.39 is 0 Å². The first-order valence-corrected chi connectivity index (χ1v) is 5.85. The smallest absolute Gasteiger partial charge is 0.123 e. The monoisotopic (exact) mass is 223 g/mol. The lowest BCUT2D eigenvalue weighted by molar-refractivity contribution is 0.0671. The standard InChI is InChI=1S/C13H18FNO/c1-10(11-4-2-5-12(14)8-11)15-13-6-3-7-16-9-13/h2,4-5,8,10,13,15H,3,6-7,9H2,1H3/t10-,13?/m0/s1. The molecule has 2 atom stereocenters.